The molecule has 2 rings (SSSR count). The van der Waals surface area contributed by atoms with E-state index in [1.54, 1.807) is 0 Å². The van der Waals surface area contributed by atoms with Crippen LogP contribution in [0.3, 0.4) is 0 Å². The zero-order valence-electron chi connectivity index (χ0n) is 18.8. The van der Waals surface area contributed by atoms with Gasteiger partial charge in [-0.1, -0.05) is 55.8 Å². The monoisotopic (exact) mass is 515 g/mol. The summed E-state index contributed by atoms with van der Waals surface area (Å²) in [5.74, 6) is -0.834. The molecule has 0 saturated heterocycles. The first-order chi connectivity index (χ1) is 15.7. The van der Waals surface area contributed by atoms with Crippen molar-refractivity contribution < 1.29 is 26.4 Å². The SMILES string of the molecule is CC(C)C[C@H](NCC#N)C(=O)N[C@@H](c1ccc(-c2ccc(S(C)(=O)=O)cc2Cl)cc1)C(F)(F)F. The minimum Gasteiger partial charge on any atom is -0.339 e. The first-order valence-electron chi connectivity index (χ1n) is 10.3. The van der Waals surface area contributed by atoms with Crippen LogP contribution in [-0.4, -0.2) is 39.3 Å². The minimum atomic E-state index is -4.76. The molecule has 2 N–H and O–H groups in total. The number of carbonyl (C=O) groups is 1. The van der Waals surface area contributed by atoms with Gasteiger partial charge in [-0.2, -0.15) is 18.4 Å². The third kappa shape index (κ3) is 7.45. The number of nitrogens with zero attached hydrogens (tertiary/aromatic N) is 1. The van der Waals surface area contributed by atoms with Crippen molar-refractivity contribution in [3.8, 4) is 17.2 Å². The van der Waals surface area contributed by atoms with Gasteiger partial charge in [-0.05, 0) is 35.6 Å². The van der Waals surface area contributed by atoms with Crippen LogP contribution < -0.4 is 10.6 Å². The fraction of sp³-hybridized carbons (Fsp3) is 0.391. The number of benzene rings is 2. The first kappa shape index (κ1) is 27.6. The molecule has 2 aromatic carbocycles. The third-order valence-corrected chi connectivity index (χ3v) is 6.41. The van der Waals surface area contributed by atoms with Crippen LogP contribution in [-0.2, 0) is 14.6 Å². The van der Waals surface area contributed by atoms with Crippen molar-refractivity contribution >= 4 is 27.3 Å². The largest absolute Gasteiger partial charge is 0.412 e. The lowest BCUT2D eigenvalue weighted by Gasteiger charge is -2.26. The molecule has 0 spiro atoms. The number of amides is 1. The molecule has 0 fully saturated rings. The van der Waals surface area contributed by atoms with Gasteiger partial charge in [-0.15, -0.1) is 0 Å². The summed E-state index contributed by atoms with van der Waals surface area (Å²) in [6.07, 6.45) is -3.46. The van der Waals surface area contributed by atoms with Crippen LogP contribution in [0.15, 0.2) is 47.4 Å². The Morgan fingerprint density at radius 1 is 1.15 bits per heavy atom. The molecule has 1 amide bonds. The molecule has 0 radical (unpaired) electrons. The van der Waals surface area contributed by atoms with E-state index in [-0.39, 0.29) is 34.4 Å². The summed E-state index contributed by atoms with van der Waals surface area (Å²) in [6, 6.07) is 8.04. The number of halogens is 4. The molecule has 184 valence electrons. The van der Waals surface area contributed by atoms with E-state index in [0.29, 0.717) is 11.1 Å². The van der Waals surface area contributed by atoms with Crippen LogP contribution in [0.2, 0.25) is 5.02 Å². The van der Waals surface area contributed by atoms with E-state index in [4.69, 9.17) is 16.9 Å². The van der Waals surface area contributed by atoms with Gasteiger partial charge >= 0.3 is 6.18 Å². The average molecular weight is 516 g/mol. The van der Waals surface area contributed by atoms with Crippen molar-refractivity contribution in [1.29, 1.82) is 5.26 Å². The van der Waals surface area contributed by atoms with Gasteiger partial charge in [0.1, 0.15) is 0 Å². The maximum Gasteiger partial charge on any atom is 0.412 e. The molecule has 0 unspecified atom stereocenters. The van der Waals surface area contributed by atoms with Crippen molar-refractivity contribution in [3.63, 3.8) is 0 Å². The van der Waals surface area contributed by atoms with E-state index in [1.807, 2.05) is 19.9 Å². The molecule has 34 heavy (non-hydrogen) atoms. The lowest BCUT2D eigenvalue weighted by atomic mass is 9.99. The Morgan fingerprint density at radius 3 is 2.24 bits per heavy atom. The van der Waals surface area contributed by atoms with Gasteiger partial charge in [-0.3, -0.25) is 10.1 Å². The molecule has 0 heterocycles. The highest BCUT2D eigenvalue weighted by Gasteiger charge is 2.42. The molecule has 0 aliphatic rings. The molecule has 0 saturated carbocycles. The van der Waals surface area contributed by atoms with Crippen molar-refractivity contribution in [2.24, 2.45) is 5.92 Å². The molecule has 0 bridgehead atoms. The second kappa shape index (κ2) is 11.2. The highest BCUT2D eigenvalue weighted by molar-refractivity contribution is 7.90. The van der Waals surface area contributed by atoms with Gasteiger partial charge in [0.25, 0.3) is 0 Å². The quantitative estimate of drug-likeness (QED) is 0.473. The molecule has 11 heteroatoms. The summed E-state index contributed by atoms with van der Waals surface area (Å²) in [4.78, 5) is 12.6. The Bertz CT molecular complexity index is 1160. The molecule has 6 nitrogen and oxygen atoms in total. The summed E-state index contributed by atoms with van der Waals surface area (Å²) in [5, 5.41) is 13.6. The van der Waals surface area contributed by atoms with Crippen LogP contribution in [0, 0.1) is 17.2 Å². The Hall–Kier alpha value is -2.61. The molecular formula is C23H25ClF3N3O3S. The lowest BCUT2D eigenvalue weighted by Crippen LogP contribution is -2.49. The summed E-state index contributed by atoms with van der Waals surface area (Å²) in [7, 11) is -3.46. The molecule has 0 aliphatic heterocycles. The first-order valence-corrected chi connectivity index (χ1v) is 12.6. The number of sulfone groups is 1. The second-order valence-electron chi connectivity index (χ2n) is 8.24. The highest BCUT2D eigenvalue weighted by atomic mass is 35.5. The third-order valence-electron chi connectivity index (χ3n) is 4.99. The van der Waals surface area contributed by atoms with E-state index < -0.39 is 34.0 Å². The van der Waals surface area contributed by atoms with E-state index in [2.05, 4.69) is 10.6 Å². The van der Waals surface area contributed by atoms with Crippen molar-refractivity contribution in [2.45, 2.75) is 43.4 Å². The number of carbonyl (C=O) groups excluding carboxylic acids is 1. The zero-order chi connectivity index (χ0) is 25.7. The predicted octanol–water partition coefficient (Wildman–Crippen LogP) is 4.66. The Labute approximate surface area is 202 Å². The molecule has 0 aromatic heterocycles. The summed E-state index contributed by atoms with van der Waals surface area (Å²) in [5.41, 5.74) is 0.748. The van der Waals surface area contributed by atoms with Crippen LogP contribution in [0.1, 0.15) is 31.9 Å². The standard InChI is InChI=1S/C23H25ClF3N3O3S/c1-14(2)12-20(29-11-10-28)22(31)30-21(23(25,26)27)16-6-4-15(5-7-16)18-9-8-17(13-19(18)24)34(3,32)33/h4-9,13-14,20-21,29H,11-12H2,1-3H3,(H,30,31)/t20-,21-/m0/s1. The number of hydrogen-bond donors (Lipinski definition) is 2. The van der Waals surface area contributed by atoms with Crippen molar-refractivity contribution in [2.75, 3.05) is 12.8 Å². The van der Waals surface area contributed by atoms with Gasteiger partial charge in [0.15, 0.2) is 15.9 Å². The fourth-order valence-corrected chi connectivity index (χ4v) is 4.34. The normalized spacial score (nSPS) is 13.9. The van der Waals surface area contributed by atoms with Gasteiger partial charge in [0, 0.05) is 16.8 Å². The number of nitriles is 1. The van der Waals surface area contributed by atoms with Gasteiger partial charge in [-0.25, -0.2) is 8.42 Å². The fourth-order valence-electron chi connectivity index (χ4n) is 3.34. The van der Waals surface area contributed by atoms with E-state index in [0.717, 1.165) is 6.26 Å². The highest BCUT2D eigenvalue weighted by Crippen LogP contribution is 2.35. The number of rotatable bonds is 9. The van der Waals surface area contributed by atoms with Gasteiger partial charge in [0.2, 0.25) is 5.91 Å². The van der Waals surface area contributed by atoms with Crippen molar-refractivity contribution in [3.05, 3.63) is 53.1 Å². The van der Waals surface area contributed by atoms with Gasteiger partial charge < -0.3 is 5.32 Å². The van der Waals surface area contributed by atoms with Crippen molar-refractivity contribution in [1.82, 2.24) is 10.6 Å². The maximum atomic E-state index is 13.8. The lowest BCUT2D eigenvalue weighted by molar-refractivity contribution is -0.164. The minimum absolute atomic E-state index is 0.0180. The van der Waals surface area contributed by atoms with E-state index in [1.165, 1.54) is 42.5 Å². The number of hydrogen-bond acceptors (Lipinski definition) is 5. The summed E-state index contributed by atoms with van der Waals surface area (Å²) in [6.45, 7) is 3.47. The Balaban J connectivity index is 2.32. The molecular weight excluding hydrogens is 491 g/mol. The topological polar surface area (TPSA) is 99.1 Å². The molecule has 2 atom stereocenters. The smallest absolute Gasteiger partial charge is 0.339 e. The zero-order valence-corrected chi connectivity index (χ0v) is 20.4. The Morgan fingerprint density at radius 2 is 1.76 bits per heavy atom. The summed E-state index contributed by atoms with van der Waals surface area (Å²) < 4.78 is 64.8. The maximum absolute atomic E-state index is 13.8. The number of alkyl halides is 3. The van der Waals surface area contributed by atoms with Gasteiger partial charge in [0.05, 0.1) is 23.6 Å². The second-order valence-corrected chi connectivity index (χ2v) is 10.7. The van der Waals surface area contributed by atoms with Crippen LogP contribution in [0.4, 0.5) is 13.2 Å². The van der Waals surface area contributed by atoms with E-state index in [9.17, 15) is 26.4 Å². The molecule has 2 aromatic rings. The average Bonchev–Trinajstić information content (AvgIpc) is 2.73. The number of nitrogens with one attached hydrogen (secondary N) is 2. The summed E-state index contributed by atoms with van der Waals surface area (Å²) >= 11 is 6.20. The van der Waals surface area contributed by atoms with Crippen LogP contribution in [0.5, 0.6) is 0 Å². The Kier molecular flexibility index (Phi) is 9.11. The molecule has 0 aliphatic carbocycles. The van der Waals surface area contributed by atoms with Crippen LogP contribution in [0.25, 0.3) is 11.1 Å². The predicted molar refractivity (Wildman–Crippen MR) is 124 cm³/mol. The van der Waals surface area contributed by atoms with Crippen LogP contribution >= 0.6 is 11.6 Å². The van der Waals surface area contributed by atoms with E-state index >= 15 is 0 Å².